The predicted molar refractivity (Wildman–Crippen MR) is 70.8 cm³/mol. The van der Waals surface area contributed by atoms with Gasteiger partial charge in [0.15, 0.2) is 0 Å². The normalized spacial score (nSPS) is 12.4. The number of alkyl halides is 1. The molecule has 0 saturated carbocycles. The van der Waals surface area contributed by atoms with Gasteiger partial charge in [0.2, 0.25) is 5.88 Å². The number of ether oxygens (including phenoxy) is 1. The molecule has 1 atom stereocenters. The third-order valence-electron chi connectivity index (χ3n) is 2.25. The predicted octanol–water partition coefficient (Wildman–Crippen LogP) is 2.93. The minimum absolute atomic E-state index is 0.173. The third kappa shape index (κ3) is 3.23. The molecule has 0 radical (unpaired) electrons. The van der Waals surface area contributed by atoms with Crippen LogP contribution in [0.1, 0.15) is 21.2 Å². The number of nitrogens with zero attached hydrogens (tertiary/aromatic N) is 3. The number of hydrogen-bond acceptors (Lipinski definition) is 5. The maximum absolute atomic E-state index is 5.07. The number of aryl methyl sites for hydroxylation is 1. The van der Waals surface area contributed by atoms with Crippen LogP contribution in [0.3, 0.4) is 0 Å². The van der Waals surface area contributed by atoms with Gasteiger partial charge in [0.1, 0.15) is 6.33 Å². The zero-order valence-corrected chi connectivity index (χ0v) is 12.0. The molecule has 0 fully saturated rings. The minimum Gasteiger partial charge on any atom is -0.481 e. The van der Waals surface area contributed by atoms with Crippen LogP contribution in [0.25, 0.3) is 0 Å². The summed E-state index contributed by atoms with van der Waals surface area (Å²) in [6.07, 6.45) is 2.28. The summed E-state index contributed by atoms with van der Waals surface area (Å²) in [7, 11) is 1.60. The molecular formula is C11H12BrN3OS. The molecule has 0 spiro atoms. The van der Waals surface area contributed by atoms with Gasteiger partial charge in [0.05, 0.1) is 22.6 Å². The quantitative estimate of drug-likeness (QED) is 0.814. The first-order valence-corrected chi connectivity index (χ1v) is 6.89. The van der Waals surface area contributed by atoms with Gasteiger partial charge in [-0.25, -0.2) is 15.0 Å². The number of rotatable bonds is 4. The summed E-state index contributed by atoms with van der Waals surface area (Å²) < 4.78 is 5.07. The Bertz CT molecular complexity index is 503. The van der Waals surface area contributed by atoms with E-state index >= 15 is 0 Å². The van der Waals surface area contributed by atoms with Crippen molar-refractivity contribution in [2.75, 3.05) is 7.11 Å². The molecule has 0 aliphatic heterocycles. The van der Waals surface area contributed by atoms with Crippen LogP contribution < -0.4 is 4.74 Å². The van der Waals surface area contributed by atoms with Gasteiger partial charge in [0.25, 0.3) is 0 Å². The molecule has 17 heavy (non-hydrogen) atoms. The highest BCUT2D eigenvalue weighted by molar-refractivity contribution is 9.09. The second-order valence-corrected chi connectivity index (χ2v) is 5.68. The van der Waals surface area contributed by atoms with Crippen LogP contribution in [0.4, 0.5) is 0 Å². The van der Waals surface area contributed by atoms with Gasteiger partial charge in [0, 0.05) is 23.6 Å². The Balaban J connectivity index is 2.09. The van der Waals surface area contributed by atoms with Gasteiger partial charge in [-0.05, 0) is 6.92 Å². The van der Waals surface area contributed by atoms with Crippen molar-refractivity contribution in [2.45, 2.75) is 18.2 Å². The van der Waals surface area contributed by atoms with Crippen LogP contribution in [0.5, 0.6) is 5.88 Å². The second kappa shape index (κ2) is 5.55. The van der Waals surface area contributed by atoms with Crippen LogP contribution in [0.15, 0.2) is 17.8 Å². The highest BCUT2D eigenvalue weighted by Crippen LogP contribution is 2.27. The van der Waals surface area contributed by atoms with E-state index < -0.39 is 0 Å². The van der Waals surface area contributed by atoms with Gasteiger partial charge in [-0.3, -0.25) is 0 Å². The largest absolute Gasteiger partial charge is 0.481 e. The number of methoxy groups -OCH3 is 1. The molecule has 2 aromatic rings. The van der Waals surface area contributed by atoms with E-state index in [1.54, 1.807) is 18.4 Å². The third-order valence-corrected chi connectivity index (χ3v) is 3.84. The smallest absolute Gasteiger partial charge is 0.216 e. The molecule has 0 saturated heterocycles. The summed E-state index contributed by atoms with van der Waals surface area (Å²) in [5.74, 6) is 0.587. The van der Waals surface area contributed by atoms with Gasteiger partial charge < -0.3 is 4.74 Å². The van der Waals surface area contributed by atoms with E-state index in [0.29, 0.717) is 5.88 Å². The van der Waals surface area contributed by atoms with E-state index in [2.05, 4.69) is 36.3 Å². The zero-order chi connectivity index (χ0) is 12.3. The molecule has 2 heterocycles. The van der Waals surface area contributed by atoms with E-state index in [1.165, 1.54) is 6.33 Å². The fourth-order valence-electron chi connectivity index (χ4n) is 1.41. The van der Waals surface area contributed by atoms with E-state index in [0.717, 1.165) is 22.8 Å². The Hall–Kier alpha value is -1.01. The second-order valence-electron chi connectivity index (χ2n) is 3.51. The van der Waals surface area contributed by atoms with Crippen molar-refractivity contribution < 1.29 is 4.74 Å². The Morgan fingerprint density at radius 1 is 1.47 bits per heavy atom. The lowest BCUT2D eigenvalue weighted by Crippen LogP contribution is -2.00. The summed E-state index contributed by atoms with van der Waals surface area (Å²) in [5, 5.41) is 3.14. The molecular weight excluding hydrogens is 302 g/mol. The molecule has 6 heteroatoms. The van der Waals surface area contributed by atoms with Crippen molar-refractivity contribution in [2.24, 2.45) is 0 Å². The lowest BCUT2D eigenvalue weighted by Gasteiger charge is -2.06. The fourth-order valence-corrected chi connectivity index (χ4v) is 2.82. The average Bonchev–Trinajstić information content (AvgIpc) is 2.76. The number of aromatic nitrogens is 3. The molecule has 0 N–H and O–H groups in total. The SMILES string of the molecule is COc1cc(CC(Br)c2csc(C)n2)ncn1. The first-order valence-electron chi connectivity index (χ1n) is 5.10. The standard InChI is InChI=1S/C11H12BrN3OS/c1-7-15-10(5-17-7)9(12)3-8-4-11(16-2)14-6-13-8/h4-6,9H,3H2,1-2H3. The first-order chi connectivity index (χ1) is 8.19. The first kappa shape index (κ1) is 12.4. The fraction of sp³-hybridized carbons (Fsp3) is 0.364. The van der Waals surface area contributed by atoms with Crippen molar-refractivity contribution in [3.63, 3.8) is 0 Å². The van der Waals surface area contributed by atoms with Crippen LogP contribution in [0, 0.1) is 6.92 Å². The lowest BCUT2D eigenvalue weighted by molar-refractivity contribution is 0.396. The molecule has 2 aromatic heterocycles. The molecule has 0 aliphatic rings. The summed E-state index contributed by atoms with van der Waals surface area (Å²) in [6, 6.07) is 1.84. The Kier molecular flexibility index (Phi) is 4.06. The zero-order valence-electron chi connectivity index (χ0n) is 9.55. The topological polar surface area (TPSA) is 47.9 Å². The molecule has 0 amide bonds. The number of halogens is 1. The Labute approximate surface area is 112 Å². The van der Waals surface area contributed by atoms with Gasteiger partial charge in [-0.2, -0.15) is 0 Å². The number of thiazole rings is 1. The van der Waals surface area contributed by atoms with E-state index in [4.69, 9.17) is 4.74 Å². The van der Waals surface area contributed by atoms with Gasteiger partial charge in [-0.15, -0.1) is 11.3 Å². The van der Waals surface area contributed by atoms with E-state index in [-0.39, 0.29) is 4.83 Å². The molecule has 1 unspecified atom stereocenters. The maximum Gasteiger partial charge on any atom is 0.216 e. The van der Waals surface area contributed by atoms with Crippen molar-refractivity contribution in [3.05, 3.63) is 34.2 Å². The van der Waals surface area contributed by atoms with Crippen molar-refractivity contribution in [1.82, 2.24) is 15.0 Å². The molecule has 0 bridgehead atoms. The molecule has 0 aromatic carbocycles. The van der Waals surface area contributed by atoms with Crippen LogP contribution in [0.2, 0.25) is 0 Å². The van der Waals surface area contributed by atoms with Gasteiger partial charge in [-0.1, -0.05) is 15.9 Å². The van der Waals surface area contributed by atoms with Crippen molar-refractivity contribution >= 4 is 27.3 Å². The van der Waals surface area contributed by atoms with E-state index in [1.807, 2.05) is 13.0 Å². The summed E-state index contributed by atoms with van der Waals surface area (Å²) in [4.78, 5) is 12.8. The maximum atomic E-state index is 5.07. The monoisotopic (exact) mass is 313 g/mol. The molecule has 4 nitrogen and oxygen atoms in total. The summed E-state index contributed by atoms with van der Waals surface area (Å²) in [5.41, 5.74) is 1.98. The highest BCUT2D eigenvalue weighted by Gasteiger charge is 2.13. The molecule has 2 rings (SSSR count). The summed E-state index contributed by atoms with van der Waals surface area (Å²) in [6.45, 7) is 2.00. The highest BCUT2D eigenvalue weighted by atomic mass is 79.9. The number of hydrogen-bond donors (Lipinski definition) is 0. The molecule has 0 aliphatic carbocycles. The molecule has 90 valence electrons. The van der Waals surface area contributed by atoms with Crippen LogP contribution >= 0.6 is 27.3 Å². The van der Waals surface area contributed by atoms with Crippen molar-refractivity contribution in [3.8, 4) is 5.88 Å². The van der Waals surface area contributed by atoms with Crippen molar-refractivity contribution in [1.29, 1.82) is 0 Å². The lowest BCUT2D eigenvalue weighted by atomic mass is 10.2. The van der Waals surface area contributed by atoms with Crippen LogP contribution in [-0.2, 0) is 6.42 Å². The average molecular weight is 314 g/mol. The van der Waals surface area contributed by atoms with Gasteiger partial charge >= 0.3 is 0 Å². The Morgan fingerprint density at radius 3 is 2.94 bits per heavy atom. The van der Waals surface area contributed by atoms with E-state index in [9.17, 15) is 0 Å². The van der Waals surface area contributed by atoms with Crippen LogP contribution in [-0.4, -0.2) is 22.1 Å². The minimum atomic E-state index is 0.173. The summed E-state index contributed by atoms with van der Waals surface area (Å²) >= 11 is 5.28. The Morgan fingerprint density at radius 2 is 2.29 bits per heavy atom.